The molecular formula is C28H33N5O3. The number of carbonyl (C=O) groups excluding carboxylic acids is 2. The number of hydrogen-bond acceptors (Lipinski definition) is 6. The molecule has 8 heteroatoms. The van der Waals surface area contributed by atoms with Gasteiger partial charge < -0.3 is 20.3 Å². The summed E-state index contributed by atoms with van der Waals surface area (Å²) in [6.07, 6.45) is 2.83. The number of nitrogens with one attached hydrogen (secondary N) is 2. The highest BCUT2D eigenvalue weighted by Crippen LogP contribution is 2.24. The minimum Gasteiger partial charge on any atom is -0.445 e. The molecule has 0 unspecified atom stereocenters. The molecule has 2 heterocycles. The average Bonchev–Trinajstić information content (AvgIpc) is 2.92. The first kappa shape index (κ1) is 25.2. The van der Waals surface area contributed by atoms with Crippen LogP contribution in [0.25, 0.3) is 0 Å². The van der Waals surface area contributed by atoms with E-state index in [1.54, 1.807) is 18.5 Å². The molecule has 3 aromatic rings. The fourth-order valence-electron chi connectivity index (χ4n) is 4.18. The Morgan fingerprint density at radius 2 is 1.69 bits per heavy atom. The number of anilines is 2. The summed E-state index contributed by atoms with van der Waals surface area (Å²) in [6, 6.07) is 19.3. The first-order valence-electron chi connectivity index (χ1n) is 12.3. The predicted molar refractivity (Wildman–Crippen MR) is 141 cm³/mol. The van der Waals surface area contributed by atoms with Crippen molar-refractivity contribution in [3.8, 4) is 0 Å². The lowest BCUT2D eigenvalue weighted by molar-refractivity contribution is 0.102. The molecule has 188 valence electrons. The van der Waals surface area contributed by atoms with Crippen LogP contribution < -0.4 is 15.5 Å². The van der Waals surface area contributed by atoms with Crippen molar-refractivity contribution in [3.05, 3.63) is 89.7 Å². The van der Waals surface area contributed by atoms with Crippen LogP contribution in [0.2, 0.25) is 0 Å². The highest BCUT2D eigenvalue weighted by atomic mass is 16.5. The molecule has 0 aliphatic carbocycles. The third-order valence-corrected chi connectivity index (χ3v) is 6.28. The SMILES string of the molecule is CC(C)N1CCN(c2ccccc2C(=O)Nc2ccc(CNC(=O)OCc3cccnc3)cc2)CC1. The molecule has 2 N–H and O–H groups in total. The van der Waals surface area contributed by atoms with Gasteiger partial charge in [0.1, 0.15) is 6.61 Å². The van der Waals surface area contributed by atoms with Gasteiger partial charge in [-0.1, -0.05) is 30.3 Å². The largest absolute Gasteiger partial charge is 0.445 e. The number of nitrogens with zero attached hydrogens (tertiary/aromatic N) is 3. The van der Waals surface area contributed by atoms with Crippen LogP contribution in [0.1, 0.15) is 35.3 Å². The predicted octanol–water partition coefficient (Wildman–Crippen LogP) is 4.29. The monoisotopic (exact) mass is 487 g/mol. The normalized spacial score (nSPS) is 13.9. The quantitative estimate of drug-likeness (QED) is 0.493. The molecule has 0 saturated carbocycles. The zero-order valence-electron chi connectivity index (χ0n) is 20.8. The number of benzene rings is 2. The number of rotatable bonds is 8. The summed E-state index contributed by atoms with van der Waals surface area (Å²) in [5.41, 5.74) is 4.05. The van der Waals surface area contributed by atoms with E-state index in [0.717, 1.165) is 43.0 Å². The number of hydrogen-bond donors (Lipinski definition) is 2. The highest BCUT2D eigenvalue weighted by Gasteiger charge is 2.22. The van der Waals surface area contributed by atoms with Crippen molar-refractivity contribution in [2.45, 2.75) is 33.0 Å². The lowest BCUT2D eigenvalue weighted by Crippen LogP contribution is -2.49. The number of pyridine rings is 1. The first-order valence-corrected chi connectivity index (χ1v) is 12.3. The lowest BCUT2D eigenvalue weighted by atomic mass is 10.1. The van der Waals surface area contributed by atoms with Gasteiger partial charge in [-0.2, -0.15) is 0 Å². The van der Waals surface area contributed by atoms with Gasteiger partial charge >= 0.3 is 6.09 Å². The number of piperazine rings is 1. The van der Waals surface area contributed by atoms with Crippen LogP contribution in [-0.4, -0.2) is 54.1 Å². The molecule has 4 rings (SSSR count). The Morgan fingerprint density at radius 1 is 0.944 bits per heavy atom. The molecule has 0 spiro atoms. The zero-order chi connectivity index (χ0) is 25.3. The maximum atomic E-state index is 13.1. The maximum absolute atomic E-state index is 13.1. The van der Waals surface area contributed by atoms with E-state index in [0.29, 0.717) is 23.8 Å². The number of amides is 2. The second-order valence-electron chi connectivity index (χ2n) is 9.08. The van der Waals surface area contributed by atoms with Crippen molar-refractivity contribution >= 4 is 23.4 Å². The Hall–Kier alpha value is -3.91. The second kappa shape index (κ2) is 12.2. The lowest BCUT2D eigenvalue weighted by Gasteiger charge is -2.38. The van der Waals surface area contributed by atoms with Crippen molar-refractivity contribution in [2.75, 3.05) is 36.4 Å². The minimum absolute atomic E-state index is 0.137. The first-order chi connectivity index (χ1) is 17.5. The zero-order valence-corrected chi connectivity index (χ0v) is 20.8. The molecular weight excluding hydrogens is 454 g/mol. The van der Waals surface area contributed by atoms with Gasteiger partial charge in [0.05, 0.1) is 5.56 Å². The summed E-state index contributed by atoms with van der Waals surface area (Å²) < 4.78 is 5.20. The van der Waals surface area contributed by atoms with E-state index in [4.69, 9.17) is 4.74 Å². The molecule has 0 bridgehead atoms. The smallest absolute Gasteiger partial charge is 0.407 e. The fourth-order valence-corrected chi connectivity index (χ4v) is 4.18. The molecule has 8 nitrogen and oxygen atoms in total. The van der Waals surface area contributed by atoms with E-state index in [9.17, 15) is 9.59 Å². The van der Waals surface area contributed by atoms with E-state index in [1.165, 1.54) is 0 Å². The molecule has 2 amide bonds. The summed E-state index contributed by atoms with van der Waals surface area (Å²) in [6.45, 7) is 8.69. The fraction of sp³-hybridized carbons (Fsp3) is 0.321. The van der Waals surface area contributed by atoms with E-state index in [-0.39, 0.29) is 12.5 Å². The molecule has 1 aliphatic rings. The van der Waals surface area contributed by atoms with Crippen LogP contribution in [0, 0.1) is 0 Å². The molecule has 1 aromatic heterocycles. The van der Waals surface area contributed by atoms with E-state index in [2.05, 4.69) is 39.3 Å². The molecule has 36 heavy (non-hydrogen) atoms. The third kappa shape index (κ3) is 6.82. The molecule has 1 saturated heterocycles. The van der Waals surface area contributed by atoms with Gasteiger partial charge in [0, 0.05) is 68.1 Å². The molecule has 2 aromatic carbocycles. The van der Waals surface area contributed by atoms with Crippen LogP contribution in [0.4, 0.5) is 16.2 Å². The highest BCUT2D eigenvalue weighted by molar-refractivity contribution is 6.08. The summed E-state index contributed by atoms with van der Waals surface area (Å²) in [4.78, 5) is 33.8. The molecule has 1 fully saturated rings. The van der Waals surface area contributed by atoms with Gasteiger partial charge in [-0.15, -0.1) is 0 Å². The Bertz CT molecular complexity index is 1140. The van der Waals surface area contributed by atoms with Crippen molar-refractivity contribution in [1.29, 1.82) is 0 Å². The number of aromatic nitrogens is 1. The van der Waals surface area contributed by atoms with Crippen LogP contribution in [0.3, 0.4) is 0 Å². The Labute approximate surface area is 212 Å². The van der Waals surface area contributed by atoms with Gasteiger partial charge in [-0.25, -0.2) is 4.79 Å². The van der Waals surface area contributed by atoms with Crippen LogP contribution in [-0.2, 0) is 17.9 Å². The van der Waals surface area contributed by atoms with Gasteiger partial charge in [0.25, 0.3) is 5.91 Å². The molecule has 0 atom stereocenters. The van der Waals surface area contributed by atoms with Crippen LogP contribution in [0.15, 0.2) is 73.1 Å². The molecule has 1 aliphatic heterocycles. The van der Waals surface area contributed by atoms with Gasteiger partial charge in [-0.05, 0) is 49.7 Å². The summed E-state index contributed by atoms with van der Waals surface area (Å²) in [7, 11) is 0. The van der Waals surface area contributed by atoms with Crippen molar-refractivity contribution < 1.29 is 14.3 Å². The maximum Gasteiger partial charge on any atom is 0.407 e. The standard InChI is InChI=1S/C28H33N5O3/c1-21(2)32-14-16-33(17-15-32)26-8-4-3-7-25(26)27(34)31-24-11-9-22(10-12-24)19-30-28(35)36-20-23-6-5-13-29-18-23/h3-13,18,21H,14-17,19-20H2,1-2H3,(H,30,35)(H,31,34). The van der Waals surface area contributed by atoms with Crippen molar-refractivity contribution in [2.24, 2.45) is 0 Å². The Kier molecular flexibility index (Phi) is 8.52. The third-order valence-electron chi connectivity index (χ3n) is 6.28. The topological polar surface area (TPSA) is 86.8 Å². The average molecular weight is 488 g/mol. The minimum atomic E-state index is -0.498. The summed E-state index contributed by atoms with van der Waals surface area (Å²) in [5.74, 6) is -0.137. The summed E-state index contributed by atoms with van der Waals surface area (Å²) >= 11 is 0. The van der Waals surface area contributed by atoms with Gasteiger partial charge in [0.2, 0.25) is 0 Å². The molecule has 0 radical (unpaired) electrons. The second-order valence-corrected chi connectivity index (χ2v) is 9.08. The van der Waals surface area contributed by atoms with Crippen molar-refractivity contribution in [3.63, 3.8) is 0 Å². The van der Waals surface area contributed by atoms with E-state index in [1.807, 2.05) is 54.6 Å². The van der Waals surface area contributed by atoms with E-state index >= 15 is 0 Å². The van der Waals surface area contributed by atoms with Gasteiger partial charge in [0.15, 0.2) is 0 Å². The van der Waals surface area contributed by atoms with Crippen molar-refractivity contribution in [1.82, 2.24) is 15.2 Å². The Balaban J connectivity index is 1.29. The number of alkyl carbamates (subject to hydrolysis) is 1. The number of ether oxygens (including phenoxy) is 1. The van der Waals surface area contributed by atoms with Crippen LogP contribution in [0.5, 0.6) is 0 Å². The number of para-hydroxylation sites is 1. The Morgan fingerprint density at radius 3 is 2.39 bits per heavy atom. The van der Waals surface area contributed by atoms with E-state index < -0.39 is 6.09 Å². The number of carbonyl (C=O) groups is 2. The van der Waals surface area contributed by atoms with Gasteiger partial charge in [-0.3, -0.25) is 14.7 Å². The summed E-state index contributed by atoms with van der Waals surface area (Å²) in [5, 5.41) is 5.73. The van der Waals surface area contributed by atoms with Crippen LogP contribution >= 0.6 is 0 Å².